The summed E-state index contributed by atoms with van der Waals surface area (Å²) in [6, 6.07) is 9.00. The van der Waals surface area contributed by atoms with E-state index in [4.69, 9.17) is 0 Å². The zero-order valence-electron chi connectivity index (χ0n) is 9.33. The van der Waals surface area contributed by atoms with Gasteiger partial charge in [-0.2, -0.15) is 0 Å². The van der Waals surface area contributed by atoms with E-state index in [1.807, 2.05) is 29.7 Å². The topological polar surface area (TPSA) is 50.9 Å². The van der Waals surface area contributed by atoms with Gasteiger partial charge in [-0.25, -0.2) is 4.98 Å². The van der Waals surface area contributed by atoms with E-state index in [2.05, 4.69) is 9.97 Å². The quantitative estimate of drug-likeness (QED) is 0.692. The summed E-state index contributed by atoms with van der Waals surface area (Å²) in [5, 5.41) is 9.30. The molecule has 0 unspecified atom stereocenters. The molecular formula is C13H11N3O. The predicted octanol–water partition coefficient (Wildman–Crippen LogP) is 2.43. The fourth-order valence-electron chi connectivity index (χ4n) is 1.98. The summed E-state index contributed by atoms with van der Waals surface area (Å²) in [5.41, 5.74) is 2.87. The van der Waals surface area contributed by atoms with Crippen LogP contribution in [0.3, 0.4) is 0 Å². The van der Waals surface area contributed by atoms with Gasteiger partial charge in [0.25, 0.3) is 0 Å². The first-order valence-corrected chi connectivity index (χ1v) is 5.34. The maximum absolute atomic E-state index is 9.30. The molecule has 0 saturated heterocycles. The highest BCUT2D eigenvalue weighted by atomic mass is 16.3. The van der Waals surface area contributed by atoms with Crippen molar-refractivity contribution in [1.82, 2.24) is 14.5 Å². The molecule has 0 atom stereocenters. The molecule has 4 heteroatoms. The third-order valence-corrected chi connectivity index (χ3v) is 2.73. The van der Waals surface area contributed by atoms with E-state index in [1.165, 1.54) is 0 Å². The molecule has 0 fully saturated rings. The van der Waals surface area contributed by atoms with Crippen LogP contribution >= 0.6 is 0 Å². The van der Waals surface area contributed by atoms with Crippen LogP contribution in [0.1, 0.15) is 5.82 Å². The highest BCUT2D eigenvalue weighted by Crippen LogP contribution is 2.21. The maximum Gasteiger partial charge on any atom is 0.115 e. The molecule has 0 amide bonds. The summed E-state index contributed by atoms with van der Waals surface area (Å²) in [6.45, 7) is 1.95. The van der Waals surface area contributed by atoms with Crippen molar-refractivity contribution in [3.63, 3.8) is 0 Å². The lowest BCUT2D eigenvalue weighted by Gasteiger charge is -2.06. The van der Waals surface area contributed by atoms with Crippen molar-refractivity contribution >= 4 is 11.0 Å². The Morgan fingerprint density at radius 1 is 1.12 bits per heavy atom. The van der Waals surface area contributed by atoms with Gasteiger partial charge in [0.15, 0.2) is 0 Å². The molecule has 0 aliphatic rings. The van der Waals surface area contributed by atoms with E-state index < -0.39 is 0 Å². The smallest absolute Gasteiger partial charge is 0.115 e. The van der Waals surface area contributed by atoms with Crippen LogP contribution < -0.4 is 0 Å². The monoisotopic (exact) mass is 225 g/mol. The van der Waals surface area contributed by atoms with Crippen LogP contribution in [-0.2, 0) is 0 Å². The zero-order chi connectivity index (χ0) is 11.8. The molecule has 0 aliphatic heterocycles. The number of hydrogen-bond donors (Lipinski definition) is 1. The Kier molecular flexibility index (Phi) is 2.08. The van der Waals surface area contributed by atoms with Gasteiger partial charge < -0.3 is 5.11 Å². The summed E-state index contributed by atoms with van der Waals surface area (Å²) < 4.78 is 2.04. The van der Waals surface area contributed by atoms with Gasteiger partial charge in [-0.05, 0) is 37.3 Å². The second-order valence-corrected chi connectivity index (χ2v) is 3.88. The van der Waals surface area contributed by atoms with E-state index >= 15 is 0 Å². The Labute approximate surface area is 98.2 Å². The van der Waals surface area contributed by atoms with E-state index in [-0.39, 0.29) is 5.75 Å². The van der Waals surface area contributed by atoms with Gasteiger partial charge in [-0.1, -0.05) is 0 Å². The number of rotatable bonds is 1. The first-order chi connectivity index (χ1) is 8.25. The van der Waals surface area contributed by atoms with Crippen LogP contribution in [0.25, 0.3) is 16.7 Å². The molecular weight excluding hydrogens is 214 g/mol. The molecule has 0 aliphatic carbocycles. The minimum atomic E-state index is 0.262. The van der Waals surface area contributed by atoms with Gasteiger partial charge in [0.2, 0.25) is 0 Å². The molecule has 2 aromatic heterocycles. The largest absolute Gasteiger partial charge is 0.508 e. The van der Waals surface area contributed by atoms with Crippen molar-refractivity contribution in [3.05, 3.63) is 48.5 Å². The number of aromatic hydroxyl groups is 1. The van der Waals surface area contributed by atoms with Gasteiger partial charge in [0.1, 0.15) is 17.1 Å². The lowest BCUT2D eigenvalue weighted by molar-refractivity contribution is 0.475. The van der Waals surface area contributed by atoms with Crippen LogP contribution in [0, 0.1) is 6.92 Å². The lowest BCUT2D eigenvalue weighted by Crippen LogP contribution is -1.96. The van der Waals surface area contributed by atoms with Crippen LogP contribution in [0.4, 0.5) is 0 Å². The fraction of sp³-hybridized carbons (Fsp3) is 0.0769. The third-order valence-electron chi connectivity index (χ3n) is 2.73. The SMILES string of the molecule is Cc1nc2cnccc2n1-c1ccc(O)cc1. The average molecular weight is 225 g/mol. The van der Waals surface area contributed by atoms with Crippen molar-refractivity contribution in [2.75, 3.05) is 0 Å². The third kappa shape index (κ3) is 1.54. The average Bonchev–Trinajstić information content (AvgIpc) is 2.66. The molecule has 1 N–H and O–H groups in total. The molecule has 2 heterocycles. The second kappa shape index (κ2) is 3.59. The normalized spacial score (nSPS) is 10.9. The number of pyridine rings is 1. The van der Waals surface area contributed by atoms with E-state index in [0.29, 0.717) is 0 Å². The number of hydrogen-bond acceptors (Lipinski definition) is 3. The molecule has 3 rings (SSSR count). The molecule has 4 nitrogen and oxygen atoms in total. The summed E-state index contributed by atoms with van der Waals surface area (Å²) in [7, 11) is 0. The molecule has 1 aromatic carbocycles. The van der Waals surface area contributed by atoms with Crippen molar-refractivity contribution in [1.29, 1.82) is 0 Å². The highest BCUT2D eigenvalue weighted by Gasteiger charge is 2.08. The maximum atomic E-state index is 9.30. The van der Waals surface area contributed by atoms with Crippen LogP contribution in [0.15, 0.2) is 42.7 Å². The molecule has 84 valence electrons. The van der Waals surface area contributed by atoms with Gasteiger partial charge in [0, 0.05) is 11.9 Å². The Morgan fingerprint density at radius 3 is 2.65 bits per heavy atom. The Morgan fingerprint density at radius 2 is 1.88 bits per heavy atom. The predicted molar refractivity (Wildman–Crippen MR) is 65.3 cm³/mol. The van der Waals surface area contributed by atoms with Crippen molar-refractivity contribution in [2.45, 2.75) is 6.92 Å². The summed E-state index contributed by atoms with van der Waals surface area (Å²) in [4.78, 5) is 8.51. The first kappa shape index (κ1) is 9.84. The molecule has 0 bridgehead atoms. The number of imidazole rings is 1. The van der Waals surface area contributed by atoms with Gasteiger partial charge >= 0.3 is 0 Å². The van der Waals surface area contributed by atoms with Crippen LogP contribution in [-0.4, -0.2) is 19.6 Å². The molecule has 0 saturated carbocycles. The number of fused-ring (bicyclic) bond motifs is 1. The summed E-state index contributed by atoms with van der Waals surface area (Å²) in [5.74, 6) is 1.16. The number of aromatic nitrogens is 3. The Bertz CT molecular complexity index is 671. The fourth-order valence-corrected chi connectivity index (χ4v) is 1.98. The van der Waals surface area contributed by atoms with Crippen molar-refractivity contribution in [3.8, 4) is 11.4 Å². The Balaban J connectivity index is 2.29. The zero-order valence-corrected chi connectivity index (χ0v) is 9.33. The van der Waals surface area contributed by atoms with E-state index in [1.54, 1.807) is 24.5 Å². The lowest BCUT2D eigenvalue weighted by atomic mass is 10.3. The van der Waals surface area contributed by atoms with Crippen LogP contribution in [0.2, 0.25) is 0 Å². The molecule has 0 spiro atoms. The number of phenolic OH excluding ortho intramolecular Hbond substituents is 1. The van der Waals surface area contributed by atoms with Crippen LogP contribution in [0.5, 0.6) is 5.75 Å². The van der Waals surface area contributed by atoms with E-state index in [9.17, 15) is 5.11 Å². The standard InChI is InChI=1S/C13H11N3O/c1-9-15-12-8-14-7-6-13(12)16(9)10-2-4-11(17)5-3-10/h2-8,17H,1H3. The molecule has 17 heavy (non-hydrogen) atoms. The Hall–Kier alpha value is -2.36. The summed E-state index contributed by atoms with van der Waals surface area (Å²) >= 11 is 0. The first-order valence-electron chi connectivity index (χ1n) is 5.34. The highest BCUT2D eigenvalue weighted by molar-refractivity contribution is 5.77. The van der Waals surface area contributed by atoms with Gasteiger partial charge in [-0.15, -0.1) is 0 Å². The van der Waals surface area contributed by atoms with Gasteiger partial charge in [-0.3, -0.25) is 9.55 Å². The van der Waals surface area contributed by atoms with E-state index in [0.717, 1.165) is 22.5 Å². The number of benzene rings is 1. The minimum absolute atomic E-state index is 0.262. The number of aryl methyl sites for hydroxylation is 1. The van der Waals surface area contributed by atoms with Crippen molar-refractivity contribution in [2.24, 2.45) is 0 Å². The summed E-state index contributed by atoms with van der Waals surface area (Å²) in [6.07, 6.45) is 3.50. The second-order valence-electron chi connectivity index (χ2n) is 3.88. The molecule has 3 aromatic rings. The number of nitrogens with zero attached hydrogens (tertiary/aromatic N) is 3. The number of phenols is 1. The molecule has 0 radical (unpaired) electrons. The minimum Gasteiger partial charge on any atom is -0.508 e. The van der Waals surface area contributed by atoms with Gasteiger partial charge in [0.05, 0.1) is 11.7 Å². The van der Waals surface area contributed by atoms with Crippen molar-refractivity contribution < 1.29 is 5.11 Å².